The molecule has 0 aliphatic heterocycles. The van der Waals surface area contributed by atoms with E-state index in [1.165, 1.54) is 22.3 Å². The van der Waals surface area contributed by atoms with Crippen LogP contribution in [-0.4, -0.2) is 23.2 Å². The summed E-state index contributed by atoms with van der Waals surface area (Å²) < 4.78 is 0. The highest BCUT2D eigenvalue weighted by Gasteiger charge is 2.09. The maximum Gasteiger partial charge on any atom is 0.252 e. The van der Waals surface area contributed by atoms with E-state index >= 15 is 0 Å². The predicted molar refractivity (Wildman–Crippen MR) is 48.1 cm³/mol. The van der Waals surface area contributed by atoms with Gasteiger partial charge in [-0.05, 0) is 13.0 Å². The molecule has 0 N–H and O–H groups in total. The van der Waals surface area contributed by atoms with Gasteiger partial charge >= 0.3 is 0 Å². The van der Waals surface area contributed by atoms with Crippen LogP contribution in [0.5, 0.6) is 0 Å². The number of nitrogens with zero attached hydrogens (tertiary/aromatic N) is 3. The Balaban J connectivity index is 2.72. The maximum atomic E-state index is 11.2. The van der Waals surface area contributed by atoms with Gasteiger partial charge in [-0.15, -0.1) is 10.2 Å². The number of amides is 1. The highest BCUT2D eigenvalue weighted by Crippen LogP contribution is 2.13. The van der Waals surface area contributed by atoms with Gasteiger partial charge in [0, 0.05) is 7.05 Å². The van der Waals surface area contributed by atoms with Crippen LogP contribution in [0, 0.1) is 0 Å². The van der Waals surface area contributed by atoms with Crippen LogP contribution in [0.25, 0.3) is 0 Å². The summed E-state index contributed by atoms with van der Waals surface area (Å²) in [6.07, 6.45) is 3.18. The summed E-state index contributed by atoms with van der Waals surface area (Å²) in [7, 11) is 1.67. The number of hydrogen-bond acceptors (Lipinski definition) is 4. The number of rotatable bonds is 2. The van der Waals surface area contributed by atoms with Gasteiger partial charge in [0.25, 0.3) is 5.91 Å². The lowest BCUT2D eigenvalue weighted by atomic mass is 10.5. The van der Waals surface area contributed by atoms with Crippen LogP contribution in [0.2, 0.25) is 0 Å². The van der Waals surface area contributed by atoms with Crippen LogP contribution >= 0.6 is 11.3 Å². The molecule has 0 spiro atoms. The molecule has 0 unspecified atom stereocenters. The van der Waals surface area contributed by atoms with E-state index in [0.29, 0.717) is 5.13 Å². The highest BCUT2D eigenvalue weighted by atomic mass is 32.1. The predicted octanol–water partition coefficient (Wildman–Crippen LogP) is 1.08. The normalized spacial score (nSPS) is 10.5. The number of hydrogen-bond donors (Lipinski definition) is 0. The quantitative estimate of drug-likeness (QED) is 0.644. The largest absolute Gasteiger partial charge is 0.286 e. The Bertz CT molecular complexity index is 281. The van der Waals surface area contributed by atoms with Crippen LogP contribution in [0.1, 0.15) is 6.92 Å². The van der Waals surface area contributed by atoms with Crippen LogP contribution in [0.15, 0.2) is 17.7 Å². The molecule has 0 bridgehead atoms. The van der Waals surface area contributed by atoms with E-state index in [0.717, 1.165) is 0 Å². The van der Waals surface area contributed by atoms with Crippen molar-refractivity contribution in [2.75, 3.05) is 11.9 Å². The average molecular weight is 183 g/mol. The molecule has 12 heavy (non-hydrogen) atoms. The van der Waals surface area contributed by atoms with Crippen molar-refractivity contribution in [2.24, 2.45) is 0 Å². The maximum absolute atomic E-state index is 11.2. The SMILES string of the molecule is C/C=C/C(=O)N(C)c1nncs1. The number of carbonyl (C=O) groups is 1. The summed E-state index contributed by atoms with van der Waals surface area (Å²) in [6.45, 7) is 1.80. The van der Waals surface area contributed by atoms with Gasteiger partial charge in [0.2, 0.25) is 5.13 Å². The van der Waals surface area contributed by atoms with Crippen molar-refractivity contribution >= 4 is 22.4 Å². The van der Waals surface area contributed by atoms with Crippen molar-refractivity contribution in [3.8, 4) is 0 Å². The second-order valence-electron chi connectivity index (χ2n) is 2.12. The molecule has 1 heterocycles. The Morgan fingerprint density at radius 2 is 2.50 bits per heavy atom. The molecule has 5 heteroatoms. The zero-order valence-electron chi connectivity index (χ0n) is 6.89. The van der Waals surface area contributed by atoms with Gasteiger partial charge in [0.1, 0.15) is 5.51 Å². The summed E-state index contributed by atoms with van der Waals surface area (Å²) in [4.78, 5) is 12.7. The molecule has 0 radical (unpaired) electrons. The summed E-state index contributed by atoms with van der Waals surface area (Å²) >= 11 is 1.33. The Hall–Kier alpha value is -1.23. The van der Waals surface area contributed by atoms with E-state index in [-0.39, 0.29) is 5.91 Å². The van der Waals surface area contributed by atoms with E-state index in [1.807, 2.05) is 0 Å². The third-order valence-corrected chi connectivity index (χ3v) is 2.04. The van der Waals surface area contributed by atoms with Gasteiger partial charge in [-0.25, -0.2) is 0 Å². The molecule has 0 atom stereocenters. The van der Waals surface area contributed by atoms with Gasteiger partial charge in [-0.2, -0.15) is 0 Å². The molecule has 4 nitrogen and oxygen atoms in total. The van der Waals surface area contributed by atoms with Crippen molar-refractivity contribution < 1.29 is 4.79 Å². The Morgan fingerprint density at radius 3 is 3.00 bits per heavy atom. The van der Waals surface area contributed by atoms with Crippen LogP contribution in [0.4, 0.5) is 5.13 Å². The van der Waals surface area contributed by atoms with Crippen LogP contribution in [-0.2, 0) is 4.79 Å². The molecule has 1 aromatic rings. The van der Waals surface area contributed by atoms with E-state index in [4.69, 9.17) is 0 Å². The first kappa shape index (κ1) is 8.86. The minimum atomic E-state index is -0.0887. The number of anilines is 1. The lowest BCUT2D eigenvalue weighted by molar-refractivity contribution is -0.113. The number of allylic oxidation sites excluding steroid dienone is 1. The van der Waals surface area contributed by atoms with Gasteiger partial charge < -0.3 is 0 Å². The standard InChI is InChI=1S/C7H9N3OS/c1-3-4-6(11)10(2)7-9-8-5-12-7/h3-5H,1-2H3/b4-3+. The van der Waals surface area contributed by atoms with Crippen molar-refractivity contribution in [3.05, 3.63) is 17.7 Å². The number of likely N-dealkylation sites (N-methyl/N-ethyl adjacent to an activating group) is 1. The number of aromatic nitrogens is 2. The molecule has 0 saturated heterocycles. The van der Waals surface area contributed by atoms with Crippen LogP contribution in [0.3, 0.4) is 0 Å². The van der Waals surface area contributed by atoms with Gasteiger partial charge in [0.05, 0.1) is 0 Å². The Kier molecular flexibility index (Phi) is 2.93. The summed E-state index contributed by atoms with van der Waals surface area (Å²) in [6, 6.07) is 0. The van der Waals surface area contributed by atoms with E-state index in [9.17, 15) is 4.79 Å². The zero-order chi connectivity index (χ0) is 8.97. The van der Waals surface area contributed by atoms with Crippen molar-refractivity contribution in [2.45, 2.75) is 6.92 Å². The van der Waals surface area contributed by atoms with Crippen molar-refractivity contribution in [1.82, 2.24) is 10.2 Å². The molecule has 1 amide bonds. The lowest BCUT2D eigenvalue weighted by Crippen LogP contribution is -2.23. The molecule has 64 valence electrons. The summed E-state index contributed by atoms with van der Waals surface area (Å²) in [5.74, 6) is -0.0887. The minimum Gasteiger partial charge on any atom is -0.286 e. The molecule has 1 rings (SSSR count). The van der Waals surface area contributed by atoms with Gasteiger partial charge in [0.15, 0.2) is 0 Å². The fraction of sp³-hybridized carbons (Fsp3) is 0.286. The lowest BCUT2D eigenvalue weighted by Gasteiger charge is -2.08. The van der Waals surface area contributed by atoms with Crippen LogP contribution < -0.4 is 4.90 Å². The van der Waals surface area contributed by atoms with Gasteiger partial charge in [-0.1, -0.05) is 17.4 Å². The summed E-state index contributed by atoms with van der Waals surface area (Å²) in [5.41, 5.74) is 1.59. The topological polar surface area (TPSA) is 46.1 Å². The first-order chi connectivity index (χ1) is 5.75. The smallest absolute Gasteiger partial charge is 0.252 e. The Morgan fingerprint density at radius 1 is 1.75 bits per heavy atom. The molecule has 0 fully saturated rings. The van der Waals surface area contributed by atoms with E-state index in [2.05, 4.69) is 10.2 Å². The molecular formula is C7H9N3OS. The van der Waals surface area contributed by atoms with Gasteiger partial charge in [-0.3, -0.25) is 9.69 Å². The highest BCUT2D eigenvalue weighted by molar-refractivity contribution is 7.13. The number of carbonyl (C=O) groups excluding carboxylic acids is 1. The first-order valence-corrected chi connectivity index (χ1v) is 4.30. The third kappa shape index (κ3) is 1.88. The minimum absolute atomic E-state index is 0.0887. The van der Waals surface area contributed by atoms with Crippen molar-refractivity contribution in [1.29, 1.82) is 0 Å². The fourth-order valence-corrected chi connectivity index (χ4v) is 1.19. The monoisotopic (exact) mass is 183 g/mol. The second kappa shape index (κ2) is 3.96. The molecular weight excluding hydrogens is 174 g/mol. The molecule has 0 aliphatic carbocycles. The average Bonchev–Trinajstić information content (AvgIpc) is 2.55. The van der Waals surface area contributed by atoms with Crippen molar-refractivity contribution in [3.63, 3.8) is 0 Å². The van der Waals surface area contributed by atoms with E-state index in [1.54, 1.807) is 25.6 Å². The molecule has 0 aliphatic rings. The third-order valence-electron chi connectivity index (χ3n) is 1.28. The Labute approximate surface area is 74.5 Å². The summed E-state index contributed by atoms with van der Waals surface area (Å²) in [5, 5.41) is 8.00. The first-order valence-electron chi connectivity index (χ1n) is 3.42. The zero-order valence-corrected chi connectivity index (χ0v) is 7.71. The second-order valence-corrected chi connectivity index (χ2v) is 2.93. The molecule has 1 aromatic heterocycles. The molecule has 0 aromatic carbocycles. The molecule has 0 saturated carbocycles. The van der Waals surface area contributed by atoms with E-state index < -0.39 is 0 Å². The fourth-order valence-electron chi connectivity index (χ4n) is 0.662.